The standard InChI is InChI=1S/C18H17NO4S/c1-22-17(20)12-15(18(21)23-2)19-14-10-6-7-11-16(14)24-13-8-4-3-5-9-13/h3-12,19H,1-2H3/b15-12+. The summed E-state index contributed by atoms with van der Waals surface area (Å²) in [6.07, 6.45) is 1.07. The molecule has 0 saturated heterocycles. The molecule has 0 aliphatic rings. The van der Waals surface area contributed by atoms with Crippen LogP contribution in [0.5, 0.6) is 0 Å². The Balaban J connectivity index is 2.29. The molecule has 0 aromatic heterocycles. The van der Waals surface area contributed by atoms with Crippen molar-refractivity contribution in [3.63, 3.8) is 0 Å². The molecule has 2 rings (SSSR count). The van der Waals surface area contributed by atoms with E-state index in [-0.39, 0.29) is 5.70 Å². The normalized spacial score (nSPS) is 10.8. The maximum absolute atomic E-state index is 11.9. The second-order valence-corrected chi connectivity index (χ2v) is 5.72. The summed E-state index contributed by atoms with van der Waals surface area (Å²) in [7, 11) is 2.49. The fraction of sp³-hybridized carbons (Fsp3) is 0.111. The fourth-order valence-electron chi connectivity index (χ4n) is 1.85. The summed E-state index contributed by atoms with van der Waals surface area (Å²) in [6.45, 7) is 0. The monoisotopic (exact) mass is 343 g/mol. The lowest BCUT2D eigenvalue weighted by Gasteiger charge is -2.13. The van der Waals surface area contributed by atoms with Gasteiger partial charge in [0.15, 0.2) is 0 Å². The van der Waals surface area contributed by atoms with E-state index >= 15 is 0 Å². The minimum absolute atomic E-state index is 0.00506. The van der Waals surface area contributed by atoms with Gasteiger partial charge in [-0.25, -0.2) is 9.59 Å². The van der Waals surface area contributed by atoms with Crippen LogP contribution in [0.4, 0.5) is 5.69 Å². The van der Waals surface area contributed by atoms with Crippen LogP contribution in [0.3, 0.4) is 0 Å². The van der Waals surface area contributed by atoms with Gasteiger partial charge in [0.1, 0.15) is 5.70 Å². The third-order valence-corrected chi connectivity index (χ3v) is 4.08. The Morgan fingerprint density at radius 2 is 1.62 bits per heavy atom. The van der Waals surface area contributed by atoms with Gasteiger partial charge in [-0.2, -0.15) is 0 Å². The van der Waals surface area contributed by atoms with E-state index in [0.29, 0.717) is 5.69 Å². The maximum atomic E-state index is 11.9. The number of rotatable bonds is 6. The van der Waals surface area contributed by atoms with Gasteiger partial charge < -0.3 is 14.8 Å². The number of hydrogen-bond acceptors (Lipinski definition) is 6. The number of carbonyl (C=O) groups excluding carboxylic acids is 2. The molecule has 0 amide bonds. The highest BCUT2D eigenvalue weighted by Crippen LogP contribution is 2.33. The maximum Gasteiger partial charge on any atom is 0.354 e. The number of anilines is 1. The van der Waals surface area contributed by atoms with Crippen LogP contribution in [0, 0.1) is 0 Å². The molecule has 0 atom stereocenters. The Labute approximate surface area is 144 Å². The largest absolute Gasteiger partial charge is 0.466 e. The topological polar surface area (TPSA) is 64.6 Å². The van der Waals surface area contributed by atoms with Crippen LogP contribution < -0.4 is 5.32 Å². The van der Waals surface area contributed by atoms with Crippen molar-refractivity contribution >= 4 is 29.4 Å². The molecule has 0 aliphatic carbocycles. The summed E-state index contributed by atoms with van der Waals surface area (Å²) in [5.74, 6) is -1.30. The summed E-state index contributed by atoms with van der Waals surface area (Å²) in [6, 6.07) is 17.3. The van der Waals surface area contributed by atoms with Crippen molar-refractivity contribution in [3.05, 3.63) is 66.4 Å². The number of carbonyl (C=O) groups is 2. The van der Waals surface area contributed by atoms with Crippen molar-refractivity contribution < 1.29 is 19.1 Å². The Morgan fingerprint density at radius 1 is 0.958 bits per heavy atom. The molecule has 0 saturated carbocycles. The van der Waals surface area contributed by atoms with E-state index in [4.69, 9.17) is 4.74 Å². The molecule has 2 aromatic carbocycles. The number of para-hydroxylation sites is 1. The van der Waals surface area contributed by atoms with Gasteiger partial charge in [-0.05, 0) is 24.3 Å². The Kier molecular flexibility index (Phi) is 6.45. The van der Waals surface area contributed by atoms with Gasteiger partial charge in [-0.3, -0.25) is 0 Å². The van der Waals surface area contributed by atoms with E-state index in [1.54, 1.807) is 11.8 Å². The van der Waals surface area contributed by atoms with Crippen LogP contribution in [0.1, 0.15) is 0 Å². The molecule has 0 aliphatic heterocycles. The summed E-state index contributed by atoms with van der Waals surface area (Å²) in [4.78, 5) is 25.3. The molecular weight excluding hydrogens is 326 g/mol. The predicted octanol–water partition coefficient (Wildman–Crippen LogP) is 3.48. The summed E-state index contributed by atoms with van der Waals surface area (Å²) in [5.41, 5.74) is 0.692. The van der Waals surface area contributed by atoms with Gasteiger partial charge in [0.25, 0.3) is 0 Å². The van der Waals surface area contributed by atoms with Crippen molar-refractivity contribution in [2.45, 2.75) is 9.79 Å². The first-order chi connectivity index (χ1) is 11.6. The first kappa shape index (κ1) is 17.6. The Bertz CT molecular complexity index is 744. The van der Waals surface area contributed by atoms with Gasteiger partial charge >= 0.3 is 11.9 Å². The highest BCUT2D eigenvalue weighted by atomic mass is 32.2. The number of esters is 2. The van der Waals surface area contributed by atoms with Crippen LogP contribution in [-0.2, 0) is 19.1 Å². The molecule has 0 unspecified atom stereocenters. The summed E-state index contributed by atoms with van der Waals surface area (Å²) >= 11 is 1.54. The van der Waals surface area contributed by atoms with Crippen molar-refractivity contribution in [2.75, 3.05) is 19.5 Å². The molecule has 124 valence electrons. The van der Waals surface area contributed by atoms with Crippen LogP contribution >= 0.6 is 11.8 Å². The predicted molar refractivity (Wildman–Crippen MR) is 92.7 cm³/mol. The second kappa shape index (κ2) is 8.79. The van der Waals surface area contributed by atoms with Crippen LogP contribution in [0.25, 0.3) is 0 Å². The van der Waals surface area contributed by atoms with Crippen molar-refractivity contribution in [3.8, 4) is 0 Å². The minimum Gasteiger partial charge on any atom is -0.466 e. The summed E-state index contributed by atoms with van der Waals surface area (Å²) < 4.78 is 9.27. The zero-order valence-electron chi connectivity index (χ0n) is 13.3. The van der Waals surface area contributed by atoms with E-state index in [0.717, 1.165) is 15.9 Å². The Hall–Kier alpha value is -2.73. The van der Waals surface area contributed by atoms with E-state index in [1.807, 2.05) is 54.6 Å². The van der Waals surface area contributed by atoms with E-state index < -0.39 is 11.9 Å². The van der Waals surface area contributed by atoms with Crippen LogP contribution in [0.2, 0.25) is 0 Å². The molecule has 6 heteroatoms. The molecule has 5 nitrogen and oxygen atoms in total. The van der Waals surface area contributed by atoms with Gasteiger partial charge in [0.2, 0.25) is 0 Å². The molecule has 0 radical (unpaired) electrons. The highest BCUT2D eigenvalue weighted by Gasteiger charge is 2.14. The number of ether oxygens (including phenoxy) is 2. The fourth-order valence-corrected chi connectivity index (χ4v) is 2.78. The first-order valence-corrected chi connectivity index (χ1v) is 7.92. The van der Waals surface area contributed by atoms with Crippen molar-refractivity contribution in [1.29, 1.82) is 0 Å². The third kappa shape index (κ3) is 4.89. The number of nitrogens with one attached hydrogen (secondary N) is 1. The molecule has 0 fully saturated rings. The lowest BCUT2D eigenvalue weighted by molar-refractivity contribution is -0.138. The SMILES string of the molecule is COC(=O)/C=C(/Nc1ccccc1Sc1ccccc1)C(=O)OC. The van der Waals surface area contributed by atoms with Crippen LogP contribution in [0.15, 0.2) is 76.2 Å². The molecule has 24 heavy (non-hydrogen) atoms. The average Bonchev–Trinajstić information content (AvgIpc) is 2.62. The van der Waals surface area contributed by atoms with Gasteiger partial charge in [-0.15, -0.1) is 0 Å². The lowest BCUT2D eigenvalue weighted by atomic mass is 10.3. The number of hydrogen-bond donors (Lipinski definition) is 1. The minimum atomic E-state index is -0.653. The van der Waals surface area contributed by atoms with E-state index in [1.165, 1.54) is 14.2 Å². The van der Waals surface area contributed by atoms with E-state index in [2.05, 4.69) is 10.1 Å². The average molecular weight is 343 g/mol. The Morgan fingerprint density at radius 3 is 2.29 bits per heavy atom. The van der Waals surface area contributed by atoms with Crippen molar-refractivity contribution in [2.24, 2.45) is 0 Å². The van der Waals surface area contributed by atoms with E-state index in [9.17, 15) is 9.59 Å². The number of benzene rings is 2. The third-order valence-electron chi connectivity index (χ3n) is 3.00. The molecular formula is C18H17NO4S. The second-order valence-electron chi connectivity index (χ2n) is 4.61. The molecule has 0 spiro atoms. The van der Waals surface area contributed by atoms with Crippen LogP contribution in [-0.4, -0.2) is 26.2 Å². The summed E-state index contributed by atoms with van der Waals surface area (Å²) in [5, 5.41) is 2.95. The molecule has 2 aromatic rings. The molecule has 0 bridgehead atoms. The van der Waals surface area contributed by atoms with Gasteiger partial charge in [0.05, 0.1) is 26.0 Å². The van der Waals surface area contributed by atoms with Gasteiger partial charge in [0, 0.05) is 9.79 Å². The zero-order chi connectivity index (χ0) is 17.4. The van der Waals surface area contributed by atoms with Crippen molar-refractivity contribution in [1.82, 2.24) is 0 Å². The first-order valence-electron chi connectivity index (χ1n) is 7.11. The van der Waals surface area contributed by atoms with Gasteiger partial charge in [-0.1, -0.05) is 42.1 Å². The highest BCUT2D eigenvalue weighted by molar-refractivity contribution is 7.99. The molecule has 0 heterocycles. The quantitative estimate of drug-likeness (QED) is 0.640. The lowest BCUT2D eigenvalue weighted by Crippen LogP contribution is -2.15. The zero-order valence-corrected chi connectivity index (χ0v) is 14.1. The smallest absolute Gasteiger partial charge is 0.354 e. The number of methoxy groups -OCH3 is 2. The molecule has 1 N–H and O–H groups in total.